The van der Waals surface area contributed by atoms with E-state index in [2.05, 4.69) is 327 Å². The summed E-state index contributed by atoms with van der Waals surface area (Å²) in [5.74, 6) is 1.65. The number of hydrogen-bond acceptors (Lipinski definition) is 2. The van der Waals surface area contributed by atoms with Crippen molar-refractivity contribution in [2.45, 2.75) is 74.7 Å². The molecule has 2 aliphatic heterocycles. The van der Waals surface area contributed by atoms with Crippen molar-refractivity contribution in [2.24, 2.45) is 0 Å². The first-order chi connectivity index (χ1) is 45.2. The van der Waals surface area contributed by atoms with Gasteiger partial charge in [0.2, 0.25) is 0 Å². The molecule has 0 saturated heterocycles. The Labute approximate surface area is 546 Å². The molecule has 446 valence electrons. The van der Waals surface area contributed by atoms with Crippen molar-refractivity contribution in [1.29, 1.82) is 0 Å². The molecule has 4 heteroatoms. The topological polar surface area (TPSA) is 17.4 Å². The number of aromatic nitrogens is 1. The summed E-state index contributed by atoms with van der Waals surface area (Å²) in [7, 11) is 0. The Kier molecular flexibility index (Phi) is 12.8. The van der Waals surface area contributed by atoms with Crippen LogP contribution >= 0.6 is 0 Å². The molecule has 0 saturated carbocycles. The smallest absolute Gasteiger partial charge is 0.252 e. The minimum Gasteiger partial charge on any atom is -0.458 e. The lowest BCUT2D eigenvalue weighted by atomic mass is 9.34. The predicted molar refractivity (Wildman–Crippen MR) is 395 cm³/mol. The monoisotopic (exact) mass is 1190 g/mol. The van der Waals surface area contributed by atoms with Crippen LogP contribution in [0.25, 0.3) is 82.4 Å². The summed E-state index contributed by atoms with van der Waals surface area (Å²) >= 11 is 0. The average molecular weight is 1200 g/mol. The van der Waals surface area contributed by atoms with Crippen LogP contribution in [-0.2, 0) is 5.41 Å². The molecular formula is C89H71BN2O. The van der Waals surface area contributed by atoms with E-state index in [1.165, 1.54) is 149 Å². The van der Waals surface area contributed by atoms with Gasteiger partial charge in [0.1, 0.15) is 11.5 Å². The van der Waals surface area contributed by atoms with Crippen LogP contribution in [-0.4, -0.2) is 11.3 Å². The molecule has 1 aromatic heterocycles. The van der Waals surface area contributed by atoms with Gasteiger partial charge in [-0.05, 0) is 228 Å². The van der Waals surface area contributed by atoms with Crippen LogP contribution in [0.5, 0.6) is 11.5 Å². The maximum atomic E-state index is 7.86. The lowest BCUT2D eigenvalue weighted by Gasteiger charge is -2.45. The van der Waals surface area contributed by atoms with Crippen molar-refractivity contribution in [3.63, 3.8) is 0 Å². The third-order valence-corrected chi connectivity index (χ3v) is 20.7. The first-order valence-corrected chi connectivity index (χ1v) is 32.9. The molecule has 0 unspecified atom stereocenters. The lowest BCUT2D eigenvalue weighted by molar-refractivity contribution is 0.487. The molecule has 0 radical (unpaired) electrons. The summed E-state index contributed by atoms with van der Waals surface area (Å²) in [5, 5.41) is 7.15. The van der Waals surface area contributed by atoms with E-state index in [0.29, 0.717) is 0 Å². The highest BCUT2D eigenvalue weighted by atomic mass is 16.5. The number of benzene rings is 13. The van der Waals surface area contributed by atoms with Gasteiger partial charge in [0, 0.05) is 34.3 Å². The highest BCUT2D eigenvalue weighted by molar-refractivity contribution is 6.98. The van der Waals surface area contributed by atoms with Crippen molar-refractivity contribution in [1.82, 2.24) is 4.57 Å². The quantitative estimate of drug-likeness (QED) is 0.160. The van der Waals surface area contributed by atoms with Crippen LogP contribution in [0.15, 0.2) is 249 Å². The third kappa shape index (κ3) is 8.50. The Hall–Kier alpha value is -10.7. The summed E-state index contributed by atoms with van der Waals surface area (Å²) in [6, 6.07) is 95.1. The molecule has 1 aliphatic carbocycles. The Morgan fingerprint density at radius 1 is 0.301 bits per heavy atom. The Morgan fingerprint density at radius 3 is 1.16 bits per heavy atom. The van der Waals surface area contributed by atoms with Crippen LogP contribution < -0.4 is 26.0 Å². The maximum absolute atomic E-state index is 7.86. The average Bonchev–Trinajstić information content (AvgIpc) is 1.58. The SMILES string of the molecule is Cc1cc(C)c(-c2cccc(-c3c(C)cc(C)cc3C)c2B2c3ccc(N4c5ccc(C)cc5C5(c6ccccc6-c6ccccc65)c5cc(C)ccc54)cc3Oc3cc(-n4c5ccc(C)cc5c5ccccc5c5ccccc5c5cc(C)ccc54)ccc32)c(C)c1. The standard InChI is InChI=1S/C89H71BN2O/c1-52-30-38-80-72(46-52)66-22-13-11-20-64(66)65-21-12-14-23-67(65)73-47-53(2)31-39-81(73)91(80)62-34-36-78-84(50-62)93-85-51-63(35-37-79(85)90(78)88-70(86-58(7)42-56(5)43-59(86)8)26-19-27-71(88)87-60(9)44-57(6)45-61(87)10)92-82-40-32-54(3)48-76(82)89(77-49-55(4)33-41-83(77)92)74-28-17-15-24-68(74)69-25-16-18-29-75(69)89/h11-51H,1-10H3. The predicted octanol–water partition coefficient (Wildman–Crippen LogP) is 21.4. The Bertz CT molecular complexity index is 5310. The number of rotatable bonds is 5. The van der Waals surface area contributed by atoms with Crippen LogP contribution in [0.3, 0.4) is 0 Å². The van der Waals surface area contributed by atoms with Gasteiger partial charge in [0.15, 0.2) is 0 Å². The molecule has 0 fully saturated rings. The van der Waals surface area contributed by atoms with E-state index in [1.807, 2.05) is 0 Å². The highest BCUT2D eigenvalue weighted by Gasteiger charge is 2.52. The van der Waals surface area contributed by atoms with E-state index >= 15 is 0 Å². The van der Waals surface area contributed by atoms with Crippen LogP contribution in [0.1, 0.15) is 77.9 Å². The van der Waals surface area contributed by atoms with Gasteiger partial charge in [-0.15, -0.1) is 0 Å². The van der Waals surface area contributed by atoms with Gasteiger partial charge in [-0.3, -0.25) is 0 Å². The number of fused-ring (bicyclic) bond motifs is 18. The van der Waals surface area contributed by atoms with Crippen molar-refractivity contribution in [3.8, 4) is 50.6 Å². The fourth-order valence-corrected chi connectivity index (χ4v) is 17.2. The molecule has 13 aromatic carbocycles. The molecule has 14 aromatic rings. The summed E-state index contributed by atoms with van der Waals surface area (Å²) < 4.78 is 10.4. The second kappa shape index (κ2) is 21.2. The fraction of sp³-hybridized carbons (Fsp3) is 0.124. The second-order valence-corrected chi connectivity index (χ2v) is 27.0. The van der Waals surface area contributed by atoms with E-state index in [1.54, 1.807) is 0 Å². The molecule has 1 spiro atoms. The lowest BCUT2D eigenvalue weighted by Crippen LogP contribution is -2.56. The molecule has 93 heavy (non-hydrogen) atoms. The van der Waals surface area contributed by atoms with Gasteiger partial charge >= 0.3 is 0 Å². The van der Waals surface area contributed by atoms with E-state index in [-0.39, 0.29) is 6.71 Å². The van der Waals surface area contributed by atoms with Crippen molar-refractivity contribution < 1.29 is 4.74 Å². The molecular weight excluding hydrogens is 1120 g/mol. The first-order valence-electron chi connectivity index (χ1n) is 32.9. The minimum atomic E-state index is -0.555. The van der Waals surface area contributed by atoms with Crippen molar-refractivity contribution >= 4 is 83.5 Å². The number of hydrogen-bond donors (Lipinski definition) is 0. The molecule has 0 bridgehead atoms. The first kappa shape index (κ1) is 56.3. The molecule has 0 amide bonds. The van der Waals surface area contributed by atoms with Crippen LogP contribution in [0, 0.1) is 69.2 Å². The molecule has 0 N–H and O–H groups in total. The van der Waals surface area contributed by atoms with Gasteiger partial charge in [0.25, 0.3) is 6.71 Å². The number of nitrogens with zero attached hydrogens (tertiary/aromatic N) is 2. The Morgan fingerprint density at radius 2 is 0.688 bits per heavy atom. The highest BCUT2D eigenvalue weighted by Crippen LogP contribution is 2.64. The minimum absolute atomic E-state index is 0.265. The largest absolute Gasteiger partial charge is 0.458 e. The molecule has 3 heterocycles. The normalized spacial score (nSPS) is 13.2. The van der Waals surface area contributed by atoms with Crippen LogP contribution in [0.2, 0.25) is 0 Å². The van der Waals surface area contributed by atoms with Gasteiger partial charge < -0.3 is 14.2 Å². The molecule has 17 rings (SSSR count). The van der Waals surface area contributed by atoms with Crippen LogP contribution in [0.4, 0.5) is 17.1 Å². The molecule has 3 aliphatic rings. The summed E-state index contributed by atoms with van der Waals surface area (Å²) in [4.78, 5) is 2.52. The number of ether oxygens (including phenoxy) is 1. The summed E-state index contributed by atoms with van der Waals surface area (Å²) in [5.41, 5.74) is 34.7. The van der Waals surface area contributed by atoms with E-state index in [0.717, 1.165) is 56.2 Å². The van der Waals surface area contributed by atoms with E-state index < -0.39 is 5.41 Å². The van der Waals surface area contributed by atoms with Gasteiger partial charge in [-0.2, -0.15) is 0 Å². The van der Waals surface area contributed by atoms with Gasteiger partial charge in [-0.25, -0.2) is 0 Å². The van der Waals surface area contributed by atoms with Gasteiger partial charge in [-0.1, -0.05) is 227 Å². The summed E-state index contributed by atoms with van der Waals surface area (Å²) in [6.07, 6.45) is 0. The number of anilines is 3. The number of aryl methyl sites for hydroxylation is 10. The van der Waals surface area contributed by atoms with Gasteiger partial charge in [0.05, 0.1) is 27.8 Å². The zero-order valence-corrected chi connectivity index (χ0v) is 54.6. The van der Waals surface area contributed by atoms with Crippen molar-refractivity contribution in [2.75, 3.05) is 4.90 Å². The summed E-state index contributed by atoms with van der Waals surface area (Å²) in [6.45, 7) is 22.3. The van der Waals surface area contributed by atoms with E-state index in [9.17, 15) is 0 Å². The molecule has 0 atom stereocenters. The zero-order chi connectivity index (χ0) is 63.3. The van der Waals surface area contributed by atoms with E-state index in [4.69, 9.17) is 4.74 Å². The molecule has 3 nitrogen and oxygen atoms in total. The Balaban J connectivity index is 0.974. The fourth-order valence-electron chi connectivity index (χ4n) is 17.2. The second-order valence-electron chi connectivity index (χ2n) is 27.0. The third-order valence-electron chi connectivity index (χ3n) is 20.7. The zero-order valence-electron chi connectivity index (χ0n) is 54.6. The van der Waals surface area contributed by atoms with Crippen molar-refractivity contribution in [3.05, 3.63) is 327 Å². The maximum Gasteiger partial charge on any atom is 0.252 e.